The Morgan fingerprint density at radius 1 is 1.33 bits per heavy atom. The van der Waals surface area contributed by atoms with Crippen molar-refractivity contribution in [1.82, 2.24) is 4.98 Å². The Balaban J connectivity index is 2.06. The molecule has 82 valence electrons. The van der Waals surface area contributed by atoms with Crippen molar-refractivity contribution in [2.45, 2.75) is 12.3 Å². The van der Waals surface area contributed by atoms with E-state index in [4.69, 9.17) is 11.6 Å². The molecule has 1 saturated heterocycles. The standard InChI is InChI=1S/C11H15ClN2S/c12-8-10-2-3-11(13-9-10)14-4-1-6-15-7-5-14/h2-3,9H,1,4-8H2. The lowest BCUT2D eigenvalue weighted by atomic mass is 10.3. The van der Waals surface area contributed by atoms with Crippen LogP contribution in [0, 0.1) is 0 Å². The molecule has 0 aliphatic carbocycles. The molecule has 1 aliphatic rings. The third-order valence-electron chi connectivity index (χ3n) is 2.51. The average Bonchev–Trinajstić information content (AvgIpc) is 2.58. The van der Waals surface area contributed by atoms with Crippen molar-refractivity contribution in [3.63, 3.8) is 0 Å². The zero-order valence-electron chi connectivity index (χ0n) is 8.66. The Hall–Kier alpha value is -0.410. The van der Waals surface area contributed by atoms with Gasteiger partial charge in [-0.3, -0.25) is 0 Å². The Morgan fingerprint density at radius 2 is 2.27 bits per heavy atom. The SMILES string of the molecule is ClCc1ccc(N2CCCSCC2)nc1. The lowest BCUT2D eigenvalue weighted by Gasteiger charge is -2.20. The van der Waals surface area contributed by atoms with Crippen LogP contribution in [0.3, 0.4) is 0 Å². The molecular formula is C11H15ClN2S. The fourth-order valence-electron chi connectivity index (χ4n) is 1.66. The summed E-state index contributed by atoms with van der Waals surface area (Å²) in [5, 5.41) is 0. The van der Waals surface area contributed by atoms with Crippen molar-refractivity contribution in [2.24, 2.45) is 0 Å². The van der Waals surface area contributed by atoms with Crippen LogP contribution in [0.15, 0.2) is 18.3 Å². The Bertz CT molecular complexity index is 294. The number of nitrogens with zero attached hydrogens (tertiary/aromatic N) is 2. The molecule has 1 aromatic heterocycles. The number of halogens is 1. The van der Waals surface area contributed by atoms with E-state index >= 15 is 0 Å². The number of thioether (sulfide) groups is 1. The van der Waals surface area contributed by atoms with Crippen LogP contribution >= 0.6 is 23.4 Å². The second-order valence-electron chi connectivity index (χ2n) is 3.61. The fourth-order valence-corrected chi connectivity index (χ4v) is 2.70. The number of aromatic nitrogens is 1. The van der Waals surface area contributed by atoms with Crippen LogP contribution < -0.4 is 4.90 Å². The predicted molar refractivity (Wildman–Crippen MR) is 67.9 cm³/mol. The van der Waals surface area contributed by atoms with Gasteiger partial charge in [0.1, 0.15) is 5.82 Å². The largest absolute Gasteiger partial charge is 0.356 e. The summed E-state index contributed by atoms with van der Waals surface area (Å²) in [6.07, 6.45) is 3.13. The lowest BCUT2D eigenvalue weighted by Crippen LogP contribution is -2.26. The quantitative estimate of drug-likeness (QED) is 0.742. The molecule has 0 radical (unpaired) electrons. The first-order valence-electron chi connectivity index (χ1n) is 5.24. The van der Waals surface area contributed by atoms with Gasteiger partial charge < -0.3 is 4.90 Å². The van der Waals surface area contributed by atoms with Crippen molar-refractivity contribution in [3.05, 3.63) is 23.9 Å². The number of hydrogen-bond acceptors (Lipinski definition) is 3. The molecule has 0 aromatic carbocycles. The summed E-state index contributed by atoms with van der Waals surface area (Å²) in [5.74, 6) is 4.12. The van der Waals surface area contributed by atoms with Gasteiger partial charge in [0.25, 0.3) is 0 Å². The summed E-state index contributed by atoms with van der Waals surface area (Å²) in [5.41, 5.74) is 1.09. The van der Waals surface area contributed by atoms with Gasteiger partial charge >= 0.3 is 0 Å². The minimum atomic E-state index is 0.545. The van der Waals surface area contributed by atoms with E-state index in [0.717, 1.165) is 24.5 Å². The highest BCUT2D eigenvalue weighted by molar-refractivity contribution is 7.99. The van der Waals surface area contributed by atoms with Gasteiger partial charge in [-0.15, -0.1) is 11.6 Å². The molecule has 0 saturated carbocycles. The lowest BCUT2D eigenvalue weighted by molar-refractivity contribution is 0.801. The summed E-state index contributed by atoms with van der Waals surface area (Å²) in [7, 11) is 0. The molecule has 4 heteroatoms. The minimum absolute atomic E-state index is 0.545. The molecular weight excluding hydrogens is 228 g/mol. The van der Waals surface area contributed by atoms with Gasteiger partial charge in [0, 0.05) is 30.9 Å². The maximum Gasteiger partial charge on any atom is 0.128 e. The molecule has 0 spiro atoms. The van der Waals surface area contributed by atoms with Gasteiger partial charge in [0.05, 0.1) is 0 Å². The number of pyridine rings is 1. The maximum absolute atomic E-state index is 5.73. The van der Waals surface area contributed by atoms with Crippen LogP contribution in [0.4, 0.5) is 5.82 Å². The average molecular weight is 243 g/mol. The monoisotopic (exact) mass is 242 g/mol. The summed E-state index contributed by atoms with van der Waals surface area (Å²) < 4.78 is 0. The molecule has 0 bridgehead atoms. The molecule has 15 heavy (non-hydrogen) atoms. The van der Waals surface area contributed by atoms with Gasteiger partial charge in [-0.1, -0.05) is 6.07 Å². The highest BCUT2D eigenvalue weighted by Crippen LogP contribution is 2.17. The van der Waals surface area contributed by atoms with Crippen molar-refractivity contribution in [2.75, 3.05) is 29.5 Å². The van der Waals surface area contributed by atoms with Gasteiger partial charge in [-0.25, -0.2) is 4.98 Å². The van der Waals surface area contributed by atoms with Crippen molar-refractivity contribution < 1.29 is 0 Å². The molecule has 2 nitrogen and oxygen atoms in total. The number of rotatable bonds is 2. The first-order chi connectivity index (χ1) is 7.40. The van der Waals surface area contributed by atoms with Crippen molar-refractivity contribution in [1.29, 1.82) is 0 Å². The molecule has 1 fully saturated rings. The third-order valence-corrected chi connectivity index (χ3v) is 3.87. The van der Waals surface area contributed by atoms with Crippen LogP contribution in [0.2, 0.25) is 0 Å². The molecule has 0 N–H and O–H groups in total. The van der Waals surface area contributed by atoms with E-state index in [-0.39, 0.29) is 0 Å². The number of alkyl halides is 1. The van der Waals surface area contributed by atoms with E-state index in [9.17, 15) is 0 Å². The minimum Gasteiger partial charge on any atom is -0.356 e. The number of anilines is 1. The molecule has 2 heterocycles. The fraction of sp³-hybridized carbons (Fsp3) is 0.545. The highest BCUT2D eigenvalue weighted by Gasteiger charge is 2.10. The molecule has 2 rings (SSSR count). The zero-order chi connectivity index (χ0) is 10.5. The summed E-state index contributed by atoms with van der Waals surface area (Å²) in [6, 6.07) is 4.14. The van der Waals surface area contributed by atoms with E-state index in [0.29, 0.717) is 5.88 Å². The van der Waals surface area contributed by atoms with Crippen molar-refractivity contribution >= 4 is 29.2 Å². The first-order valence-corrected chi connectivity index (χ1v) is 6.92. The topological polar surface area (TPSA) is 16.1 Å². The van der Waals surface area contributed by atoms with Gasteiger partial charge in [-0.05, 0) is 23.8 Å². The normalized spacial score (nSPS) is 17.5. The van der Waals surface area contributed by atoms with E-state index in [1.54, 1.807) is 0 Å². The summed E-state index contributed by atoms with van der Waals surface area (Å²) >= 11 is 7.77. The molecule has 0 unspecified atom stereocenters. The zero-order valence-corrected chi connectivity index (χ0v) is 10.2. The third kappa shape index (κ3) is 3.02. The van der Waals surface area contributed by atoms with Crippen LogP contribution in [0.25, 0.3) is 0 Å². The van der Waals surface area contributed by atoms with Gasteiger partial charge in [0.15, 0.2) is 0 Å². The smallest absolute Gasteiger partial charge is 0.128 e. The highest BCUT2D eigenvalue weighted by atomic mass is 35.5. The van der Waals surface area contributed by atoms with E-state index < -0.39 is 0 Å². The van der Waals surface area contributed by atoms with Crippen LogP contribution in [0.1, 0.15) is 12.0 Å². The van der Waals surface area contributed by atoms with Crippen molar-refractivity contribution in [3.8, 4) is 0 Å². The second kappa shape index (κ2) is 5.61. The number of hydrogen-bond donors (Lipinski definition) is 0. The van der Waals surface area contributed by atoms with Gasteiger partial charge in [0.2, 0.25) is 0 Å². The van der Waals surface area contributed by atoms with E-state index in [2.05, 4.69) is 22.0 Å². The Morgan fingerprint density at radius 3 is 3.00 bits per heavy atom. The van der Waals surface area contributed by atoms with Gasteiger partial charge in [-0.2, -0.15) is 11.8 Å². The van der Waals surface area contributed by atoms with E-state index in [1.165, 1.54) is 17.9 Å². The second-order valence-corrected chi connectivity index (χ2v) is 5.10. The summed E-state index contributed by atoms with van der Waals surface area (Å²) in [6.45, 7) is 2.23. The Labute approximate surface area is 100 Å². The molecule has 1 aliphatic heterocycles. The first kappa shape index (κ1) is 11.1. The molecule has 0 amide bonds. The molecule has 1 aromatic rings. The van der Waals surface area contributed by atoms with Crippen LogP contribution in [-0.2, 0) is 5.88 Å². The Kier molecular flexibility index (Phi) is 4.15. The van der Waals surface area contributed by atoms with Crippen LogP contribution in [0.5, 0.6) is 0 Å². The van der Waals surface area contributed by atoms with E-state index in [1.807, 2.05) is 18.0 Å². The van der Waals surface area contributed by atoms with Crippen LogP contribution in [-0.4, -0.2) is 29.6 Å². The predicted octanol–water partition coefficient (Wildman–Crippen LogP) is 2.76. The summed E-state index contributed by atoms with van der Waals surface area (Å²) in [4.78, 5) is 6.81. The maximum atomic E-state index is 5.73. The molecule has 0 atom stereocenters.